The average molecular weight is 402 g/mol. The number of carbonyl (C=O) groups excluding carboxylic acids is 1. The van der Waals surface area contributed by atoms with Gasteiger partial charge in [-0.15, -0.1) is 0 Å². The Kier molecular flexibility index (Phi) is 6.37. The van der Waals surface area contributed by atoms with Crippen molar-refractivity contribution in [2.45, 2.75) is 31.1 Å². The Morgan fingerprint density at radius 3 is 2.75 bits per heavy atom. The molecular weight excluding hydrogens is 380 g/mol. The van der Waals surface area contributed by atoms with Gasteiger partial charge in [-0.25, -0.2) is 8.42 Å². The standard InChI is InChI=1S/C19H22N4O4S/c1-2-3-4-12-23(14-18(24)21-17-10-13-27-22-17)28(25,26)16-9-5-7-15-8-6-11-20-19(15)16/h5-11,13H,2-4,12,14H2,1H3,(H,21,22,24). The van der Waals surface area contributed by atoms with Crippen LogP contribution in [0.1, 0.15) is 26.2 Å². The van der Waals surface area contributed by atoms with Crippen LogP contribution in [0.15, 0.2) is 58.3 Å². The average Bonchev–Trinajstić information content (AvgIpc) is 3.19. The van der Waals surface area contributed by atoms with Crippen molar-refractivity contribution in [3.05, 3.63) is 48.9 Å². The lowest BCUT2D eigenvalue weighted by Gasteiger charge is -2.22. The number of rotatable bonds is 9. The lowest BCUT2D eigenvalue weighted by Crippen LogP contribution is -2.38. The number of nitrogens with zero attached hydrogens (tertiary/aromatic N) is 3. The van der Waals surface area contributed by atoms with Crippen LogP contribution in [0.5, 0.6) is 0 Å². The fourth-order valence-corrected chi connectivity index (χ4v) is 4.47. The largest absolute Gasteiger partial charge is 0.363 e. The molecule has 1 aromatic carbocycles. The Morgan fingerprint density at radius 1 is 1.18 bits per heavy atom. The summed E-state index contributed by atoms with van der Waals surface area (Å²) in [5.74, 6) is -0.245. The molecule has 28 heavy (non-hydrogen) atoms. The minimum absolute atomic E-state index is 0.0938. The molecule has 0 atom stereocenters. The minimum atomic E-state index is -3.92. The highest BCUT2D eigenvalue weighted by Crippen LogP contribution is 2.24. The molecular formula is C19H22N4O4S. The Hall–Kier alpha value is -2.78. The monoisotopic (exact) mass is 402 g/mol. The Balaban J connectivity index is 1.89. The van der Waals surface area contributed by atoms with E-state index < -0.39 is 15.9 Å². The van der Waals surface area contributed by atoms with E-state index in [0.717, 1.165) is 18.2 Å². The van der Waals surface area contributed by atoms with Crippen LogP contribution in [0.2, 0.25) is 0 Å². The summed E-state index contributed by atoms with van der Waals surface area (Å²) >= 11 is 0. The molecule has 0 spiro atoms. The number of sulfonamides is 1. The van der Waals surface area contributed by atoms with Crippen molar-refractivity contribution in [3.63, 3.8) is 0 Å². The van der Waals surface area contributed by atoms with E-state index in [1.807, 2.05) is 6.92 Å². The summed E-state index contributed by atoms with van der Waals surface area (Å²) in [5.41, 5.74) is 0.391. The molecule has 0 unspecified atom stereocenters. The Labute approximate surface area is 163 Å². The van der Waals surface area contributed by atoms with Gasteiger partial charge >= 0.3 is 0 Å². The number of anilines is 1. The second kappa shape index (κ2) is 8.94. The Bertz CT molecular complexity index is 1030. The van der Waals surface area contributed by atoms with Crippen molar-refractivity contribution in [2.75, 3.05) is 18.4 Å². The van der Waals surface area contributed by atoms with Gasteiger partial charge in [0, 0.05) is 24.2 Å². The van der Waals surface area contributed by atoms with Gasteiger partial charge in [0.25, 0.3) is 0 Å². The predicted molar refractivity (Wildman–Crippen MR) is 105 cm³/mol. The van der Waals surface area contributed by atoms with Gasteiger partial charge in [-0.2, -0.15) is 4.31 Å². The van der Waals surface area contributed by atoms with Crippen LogP contribution in [0, 0.1) is 0 Å². The quantitative estimate of drug-likeness (QED) is 0.552. The third-order valence-electron chi connectivity index (χ3n) is 4.25. The highest BCUT2D eigenvalue weighted by Gasteiger charge is 2.28. The number of pyridine rings is 1. The van der Waals surface area contributed by atoms with Crippen molar-refractivity contribution in [3.8, 4) is 0 Å². The van der Waals surface area contributed by atoms with Crippen LogP contribution in [0.4, 0.5) is 5.82 Å². The van der Waals surface area contributed by atoms with Gasteiger partial charge in [0.2, 0.25) is 15.9 Å². The van der Waals surface area contributed by atoms with Gasteiger partial charge in [0.1, 0.15) is 11.2 Å². The molecule has 1 amide bonds. The maximum Gasteiger partial charge on any atom is 0.245 e. The first-order valence-corrected chi connectivity index (χ1v) is 10.5. The van der Waals surface area contributed by atoms with E-state index in [4.69, 9.17) is 0 Å². The molecule has 0 fully saturated rings. The Morgan fingerprint density at radius 2 is 2.00 bits per heavy atom. The first-order valence-electron chi connectivity index (χ1n) is 9.06. The second-order valence-corrected chi connectivity index (χ2v) is 8.22. The van der Waals surface area contributed by atoms with Gasteiger partial charge in [0.15, 0.2) is 5.82 Å². The second-order valence-electron chi connectivity index (χ2n) is 6.31. The molecule has 9 heteroatoms. The van der Waals surface area contributed by atoms with Crippen LogP contribution in [0.25, 0.3) is 10.9 Å². The van der Waals surface area contributed by atoms with Gasteiger partial charge < -0.3 is 9.84 Å². The SMILES string of the molecule is CCCCCN(CC(=O)Nc1ccon1)S(=O)(=O)c1cccc2cccnc12. The number of aromatic nitrogens is 2. The molecule has 148 valence electrons. The predicted octanol–water partition coefficient (Wildman–Crippen LogP) is 3.04. The number of hydrogen-bond donors (Lipinski definition) is 1. The van der Waals surface area contributed by atoms with Crippen LogP contribution >= 0.6 is 0 Å². The van der Waals surface area contributed by atoms with E-state index in [1.54, 1.807) is 30.5 Å². The summed E-state index contributed by atoms with van der Waals surface area (Å²) < 4.78 is 32.6. The van der Waals surface area contributed by atoms with Crippen molar-refractivity contribution < 1.29 is 17.7 Å². The van der Waals surface area contributed by atoms with E-state index in [0.29, 0.717) is 11.9 Å². The summed E-state index contributed by atoms with van der Waals surface area (Å²) in [6.07, 6.45) is 5.35. The first kappa shape index (κ1) is 20.0. The van der Waals surface area contributed by atoms with E-state index >= 15 is 0 Å². The lowest BCUT2D eigenvalue weighted by molar-refractivity contribution is -0.116. The summed E-state index contributed by atoms with van der Waals surface area (Å²) in [4.78, 5) is 16.7. The zero-order valence-corrected chi connectivity index (χ0v) is 16.4. The molecule has 0 saturated heterocycles. The number of benzene rings is 1. The first-order chi connectivity index (χ1) is 13.5. The third kappa shape index (κ3) is 4.55. The third-order valence-corrected chi connectivity index (χ3v) is 6.13. The van der Waals surface area contributed by atoms with Crippen molar-refractivity contribution in [1.82, 2.24) is 14.4 Å². The highest BCUT2D eigenvalue weighted by molar-refractivity contribution is 7.89. The van der Waals surface area contributed by atoms with Crippen molar-refractivity contribution >= 4 is 32.7 Å². The molecule has 0 radical (unpaired) electrons. The molecule has 3 rings (SSSR count). The van der Waals surface area contributed by atoms with Gasteiger partial charge in [-0.1, -0.05) is 43.1 Å². The molecule has 1 N–H and O–H groups in total. The van der Waals surface area contributed by atoms with Crippen LogP contribution in [-0.4, -0.2) is 41.9 Å². The molecule has 0 aliphatic carbocycles. The molecule has 0 aliphatic rings. The number of carbonyl (C=O) groups is 1. The van der Waals surface area contributed by atoms with Gasteiger partial charge in [-0.05, 0) is 18.6 Å². The van der Waals surface area contributed by atoms with E-state index in [9.17, 15) is 13.2 Å². The number of para-hydroxylation sites is 1. The van der Waals surface area contributed by atoms with E-state index in [-0.39, 0.29) is 23.8 Å². The smallest absolute Gasteiger partial charge is 0.245 e. The fraction of sp³-hybridized carbons (Fsp3) is 0.316. The number of unbranched alkanes of at least 4 members (excludes halogenated alkanes) is 2. The molecule has 0 saturated carbocycles. The van der Waals surface area contributed by atoms with E-state index in [2.05, 4.69) is 20.0 Å². The summed E-state index contributed by atoms with van der Waals surface area (Å²) in [6.45, 7) is 1.96. The molecule has 2 heterocycles. The highest BCUT2D eigenvalue weighted by atomic mass is 32.2. The zero-order chi connectivity index (χ0) is 20.0. The fourth-order valence-electron chi connectivity index (χ4n) is 2.87. The minimum Gasteiger partial charge on any atom is -0.363 e. The van der Waals surface area contributed by atoms with Crippen LogP contribution in [0.3, 0.4) is 0 Å². The van der Waals surface area contributed by atoms with Crippen LogP contribution in [-0.2, 0) is 14.8 Å². The van der Waals surface area contributed by atoms with Crippen molar-refractivity contribution in [1.29, 1.82) is 0 Å². The molecule has 8 nitrogen and oxygen atoms in total. The molecule has 2 aromatic heterocycles. The maximum atomic E-state index is 13.4. The topological polar surface area (TPSA) is 105 Å². The number of nitrogens with one attached hydrogen (secondary N) is 1. The number of amides is 1. The van der Waals surface area contributed by atoms with Crippen molar-refractivity contribution in [2.24, 2.45) is 0 Å². The molecule has 3 aromatic rings. The van der Waals surface area contributed by atoms with Gasteiger partial charge in [0.05, 0.1) is 12.1 Å². The zero-order valence-electron chi connectivity index (χ0n) is 15.5. The van der Waals surface area contributed by atoms with Gasteiger partial charge in [-0.3, -0.25) is 9.78 Å². The molecule has 0 bridgehead atoms. The normalized spacial score (nSPS) is 11.8. The van der Waals surface area contributed by atoms with E-state index in [1.165, 1.54) is 22.7 Å². The summed E-state index contributed by atoms with van der Waals surface area (Å²) in [5, 5.41) is 6.88. The maximum absolute atomic E-state index is 13.4. The van der Waals surface area contributed by atoms with Crippen LogP contribution < -0.4 is 5.32 Å². The molecule has 0 aliphatic heterocycles. The summed E-state index contributed by atoms with van der Waals surface area (Å²) in [6, 6.07) is 10.1. The lowest BCUT2D eigenvalue weighted by atomic mass is 10.2. The summed E-state index contributed by atoms with van der Waals surface area (Å²) in [7, 11) is -3.92. The number of fused-ring (bicyclic) bond motifs is 1. The number of hydrogen-bond acceptors (Lipinski definition) is 6.